The standard InChI is InChI=1S/C13H17NO6S/c1-20-12(15)7-9-21(18,19)14-8-6-10-4-2-3-5-11(10)13(16)17/h2-5,14H,6-9H2,1H3,(H,16,17). The molecule has 21 heavy (non-hydrogen) atoms. The van der Waals surface area contributed by atoms with Crippen LogP contribution in [0.2, 0.25) is 0 Å². The lowest BCUT2D eigenvalue weighted by Gasteiger charge is -2.08. The topological polar surface area (TPSA) is 110 Å². The molecular formula is C13H17NO6S. The minimum absolute atomic E-state index is 0.0633. The van der Waals surface area contributed by atoms with Gasteiger partial charge in [-0.3, -0.25) is 4.79 Å². The van der Waals surface area contributed by atoms with Crippen molar-refractivity contribution < 1.29 is 27.9 Å². The normalized spacial score (nSPS) is 11.1. The number of nitrogens with one attached hydrogen (secondary N) is 1. The molecule has 7 nitrogen and oxygen atoms in total. The number of carboxylic acids is 1. The van der Waals surface area contributed by atoms with Gasteiger partial charge < -0.3 is 9.84 Å². The second kappa shape index (κ2) is 7.75. The van der Waals surface area contributed by atoms with Crippen LogP contribution in [0.5, 0.6) is 0 Å². The highest BCUT2D eigenvalue weighted by Crippen LogP contribution is 2.09. The van der Waals surface area contributed by atoms with Crippen LogP contribution in [-0.4, -0.2) is 44.9 Å². The summed E-state index contributed by atoms with van der Waals surface area (Å²) in [6, 6.07) is 6.39. The first kappa shape index (κ1) is 17.1. The van der Waals surface area contributed by atoms with Crippen LogP contribution in [0.25, 0.3) is 0 Å². The Labute approximate surface area is 123 Å². The molecule has 0 unspecified atom stereocenters. The van der Waals surface area contributed by atoms with Gasteiger partial charge in [0.2, 0.25) is 10.0 Å². The Balaban J connectivity index is 2.53. The molecule has 0 spiro atoms. The van der Waals surface area contributed by atoms with Gasteiger partial charge in [0.1, 0.15) is 0 Å². The minimum atomic E-state index is -3.59. The van der Waals surface area contributed by atoms with Crippen LogP contribution in [0.15, 0.2) is 24.3 Å². The third kappa shape index (κ3) is 5.92. The first-order valence-corrected chi connectivity index (χ1v) is 7.86. The van der Waals surface area contributed by atoms with E-state index in [1.165, 1.54) is 13.2 Å². The van der Waals surface area contributed by atoms with Gasteiger partial charge in [-0.25, -0.2) is 17.9 Å². The number of carboxylic acid groups (broad SMARTS) is 1. The van der Waals surface area contributed by atoms with E-state index < -0.39 is 22.0 Å². The Kier molecular flexibility index (Phi) is 6.32. The number of rotatable bonds is 8. The van der Waals surface area contributed by atoms with Crippen LogP contribution in [0.4, 0.5) is 0 Å². The lowest BCUT2D eigenvalue weighted by atomic mass is 10.1. The number of benzene rings is 1. The molecule has 0 saturated carbocycles. The number of hydrogen-bond acceptors (Lipinski definition) is 5. The quantitative estimate of drug-likeness (QED) is 0.672. The van der Waals surface area contributed by atoms with Crippen LogP contribution in [0, 0.1) is 0 Å². The summed E-state index contributed by atoms with van der Waals surface area (Å²) in [5.41, 5.74) is 0.687. The molecule has 0 saturated heterocycles. The number of aromatic carboxylic acids is 1. The molecule has 0 heterocycles. The van der Waals surface area contributed by atoms with Crippen molar-refractivity contribution in [2.24, 2.45) is 0 Å². The first-order chi connectivity index (χ1) is 9.85. The molecule has 0 radical (unpaired) electrons. The SMILES string of the molecule is COC(=O)CCS(=O)(=O)NCCc1ccccc1C(=O)O. The van der Waals surface area contributed by atoms with Crippen molar-refractivity contribution in [2.45, 2.75) is 12.8 Å². The maximum Gasteiger partial charge on any atom is 0.335 e. The Morgan fingerprint density at radius 2 is 1.95 bits per heavy atom. The van der Waals surface area contributed by atoms with Gasteiger partial charge in [-0.15, -0.1) is 0 Å². The van der Waals surface area contributed by atoms with E-state index in [0.29, 0.717) is 5.56 Å². The van der Waals surface area contributed by atoms with Crippen molar-refractivity contribution in [3.05, 3.63) is 35.4 Å². The van der Waals surface area contributed by atoms with E-state index in [1.807, 2.05) is 0 Å². The summed E-state index contributed by atoms with van der Waals surface area (Å²) in [6.45, 7) is 0.0633. The lowest BCUT2D eigenvalue weighted by molar-refractivity contribution is -0.140. The van der Waals surface area contributed by atoms with Gasteiger partial charge >= 0.3 is 11.9 Å². The zero-order valence-corrected chi connectivity index (χ0v) is 12.4. The summed E-state index contributed by atoms with van der Waals surface area (Å²) >= 11 is 0. The lowest BCUT2D eigenvalue weighted by Crippen LogP contribution is -2.29. The zero-order chi connectivity index (χ0) is 15.9. The van der Waals surface area contributed by atoms with Crippen LogP contribution in [0.3, 0.4) is 0 Å². The molecule has 0 aliphatic rings. The molecule has 0 aliphatic carbocycles. The van der Waals surface area contributed by atoms with E-state index in [1.54, 1.807) is 18.2 Å². The monoisotopic (exact) mass is 315 g/mol. The molecule has 2 N–H and O–H groups in total. The van der Waals surface area contributed by atoms with E-state index in [0.717, 1.165) is 0 Å². The molecule has 0 amide bonds. The summed E-state index contributed by atoms with van der Waals surface area (Å²) in [4.78, 5) is 21.9. The molecular weight excluding hydrogens is 298 g/mol. The first-order valence-electron chi connectivity index (χ1n) is 6.21. The molecule has 1 aromatic rings. The fourth-order valence-corrected chi connectivity index (χ4v) is 2.67. The van der Waals surface area contributed by atoms with E-state index >= 15 is 0 Å². The smallest absolute Gasteiger partial charge is 0.335 e. The molecule has 0 bridgehead atoms. The number of ether oxygens (including phenoxy) is 1. The fraction of sp³-hybridized carbons (Fsp3) is 0.385. The average molecular weight is 315 g/mol. The fourth-order valence-electron chi connectivity index (χ4n) is 1.68. The molecule has 1 aromatic carbocycles. The largest absolute Gasteiger partial charge is 0.478 e. The number of methoxy groups -OCH3 is 1. The number of hydrogen-bond donors (Lipinski definition) is 2. The second-order valence-electron chi connectivity index (χ2n) is 4.25. The summed E-state index contributed by atoms with van der Waals surface area (Å²) in [7, 11) is -2.40. The summed E-state index contributed by atoms with van der Waals surface area (Å²) < 4.78 is 29.9. The number of carbonyl (C=O) groups is 2. The maximum atomic E-state index is 11.6. The van der Waals surface area contributed by atoms with Crippen LogP contribution >= 0.6 is 0 Å². The van der Waals surface area contributed by atoms with E-state index in [4.69, 9.17) is 5.11 Å². The molecule has 0 aromatic heterocycles. The molecule has 116 valence electrons. The van der Waals surface area contributed by atoms with E-state index in [9.17, 15) is 18.0 Å². The summed E-state index contributed by atoms with van der Waals surface area (Å²) in [5, 5.41) is 9.01. The Hall–Kier alpha value is -1.93. The highest BCUT2D eigenvalue weighted by atomic mass is 32.2. The number of carbonyl (C=O) groups excluding carboxylic acids is 1. The molecule has 1 rings (SSSR count). The Morgan fingerprint density at radius 1 is 1.29 bits per heavy atom. The van der Waals surface area contributed by atoms with Gasteiger partial charge in [0.25, 0.3) is 0 Å². The van der Waals surface area contributed by atoms with Gasteiger partial charge in [0.05, 0.1) is 24.8 Å². The third-order valence-electron chi connectivity index (χ3n) is 2.77. The predicted molar refractivity (Wildman–Crippen MR) is 75.5 cm³/mol. The molecule has 0 fully saturated rings. The summed E-state index contributed by atoms with van der Waals surface area (Å²) in [5.74, 6) is -2.02. The Bertz CT molecular complexity index is 611. The van der Waals surface area contributed by atoms with Crippen LogP contribution in [0.1, 0.15) is 22.3 Å². The van der Waals surface area contributed by atoms with Crippen molar-refractivity contribution >= 4 is 22.0 Å². The maximum absolute atomic E-state index is 11.6. The molecule has 0 aliphatic heterocycles. The van der Waals surface area contributed by atoms with Crippen molar-refractivity contribution in [1.82, 2.24) is 4.72 Å². The van der Waals surface area contributed by atoms with E-state index in [-0.39, 0.29) is 30.7 Å². The minimum Gasteiger partial charge on any atom is -0.478 e. The Morgan fingerprint density at radius 3 is 2.57 bits per heavy atom. The van der Waals surface area contributed by atoms with Gasteiger partial charge in [0.15, 0.2) is 0 Å². The van der Waals surface area contributed by atoms with Crippen molar-refractivity contribution in [1.29, 1.82) is 0 Å². The predicted octanol–water partition coefficient (Wildman–Crippen LogP) is 0.410. The number of esters is 1. The van der Waals surface area contributed by atoms with Gasteiger partial charge in [-0.1, -0.05) is 18.2 Å². The zero-order valence-electron chi connectivity index (χ0n) is 11.5. The summed E-state index contributed by atoms with van der Waals surface area (Å²) in [6.07, 6.45) is 0.0253. The van der Waals surface area contributed by atoms with Gasteiger partial charge in [-0.05, 0) is 18.1 Å². The van der Waals surface area contributed by atoms with Crippen LogP contribution < -0.4 is 4.72 Å². The van der Waals surface area contributed by atoms with Gasteiger partial charge in [0, 0.05) is 6.54 Å². The van der Waals surface area contributed by atoms with Crippen molar-refractivity contribution in [3.63, 3.8) is 0 Å². The number of sulfonamides is 1. The highest BCUT2D eigenvalue weighted by Gasteiger charge is 2.14. The van der Waals surface area contributed by atoms with Gasteiger partial charge in [-0.2, -0.15) is 0 Å². The van der Waals surface area contributed by atoms with Crippen molar-refractivity contribution in [3.8, 4) is 0 Å². The average Bonchev–Trinajstić information content (AvgIpc) is 2.45. The van der Waals surface area contributed by atoms with E-state index in [2.05, 4.69) is 9.46 Å². The highest BCUT2D eigenvalue weighted by molar-refractivity contribution is 7.89. The molecule has 0 atom stereocenters. The third-order valence-corrected chi connectivity index (χ3v) is 4.15. The second-order valence-corrected chi connectivity index (χ2v) is 6.18. The van der Waals surface area contributed by atoms with Crippen molar-refractivity contribution in [2.75, 3.05) is 19.4 Å². The van der Waals surface area contributed by atoms with Crippen LogP contribution in [-0.2, 0) is 26.0 Å². The molecule has 8 heteroatoms.